The van der Waals surface area contributed by atoms with Crippen LogP contribution < -0.4 is 5.32 Å². The van der Waals surface area contributed by atoms with Crippen LogP contribution in [0.1, 0.15) is 43.0 Å². The molecule has 0 radical (unpaired) electrons. The number of rotatable bonds is 3. The number of para-hydroxylation sites is 1. The first kappa shape index (κ1) is 14.4. The molecular formula is C15H19NO4. The molecule has 108 valence electrons. The molecule has 0 spiro atoms. The van der Waals surface area contributed by atoms with Gasteiger partial charge in [0, 0.05) is 5.92 Å². The smallest absolute Gasteiger partial charge is 0.339 e. The Balaban J connectivity index is 2.08. The van der Waals surface area contributed by atoms with Crippen molar-refractivity contribution >= 4 is 17.6 Å². The third kappa shape index (κ3) is 3.10. The molecule has 5 nitrogen and oxygen atoms in total. The molecule has 0 bridgehead atoms. The number of phenols is 1. The number of aromatic carboxylic acids is 1. The van der Waals surface area contributed by atoms with Crippen LogP contribution in [0.15, 0.2) is 18.2 Å². The summed E-state index contributed by atoms with van der Waals surface area (Å²) < 4.78 is 0. The zero-order valence-electron chi connectivity index (χ0n) is 11.4. The molecule has 1 amide bonds. The van der Waals surface area contributed by atoms with Crippen LogP contribution in [-0.4, -0.2) is 22.1 Å². The molecule has 1 aliphatic rings. The lowest BCUT2D eigenvalue weighted by atomic mass is 9.82. The minimum atomic E-state index is -1.22. The lowest BCUT2D eigenvalue weighted by Gasteiger charge is -2.25. The fourth-order valence-electron chi connectivity index (χ4n) is 2.57. The minimum absolute atomic E-state index is 0.0564. The van der Waals surface area contributed by atoms with Gasteiger partial charge in [0.1, 0.15) is 5.56 Å². The molecule has 1 saturated carbocycles. The van der Waals surface area contributed by atoms with E-state index in [9.17, 15) is 14.7 Å². The van der Waals surface area contributed by atoms with Crippen LogP contribution in [-0.2, 0) is 4.79 Å². The highest BCUT2D eigenvalue weighted by Crippen LogP contribution is 2.31. The molecule has 0 unspecified atom stereocenters. The Kier molecular flexibility index (Phi) is 4.27. The maximum atomic E-state index is 12.1. The summed E-state index contributed by atoms with van der Waals surface area (Å²) >= 11 is 0. The molecule has 3 N–H and O–H groups in total. The maximum Gasteiger partial charge on any atom is 0.339 e. The fourth-order valence-corrected chi connectivity index (χ4v) is 2.57. The summed E-state index contributed by atoms with van der Waals surface area (Å²) in [6, 6.07) is 4.31. The Hall–Kier alpha value is -2.04. The summed E-state index contributed by atoms with van der Waals surface area (Å²) in [6.07, 6.45) is 3.73. The zero-order chi connectivity index (χ0) is 14.7. The van der Waals surface area contributed by atoms with Crippen molar-refractivity contribution in [2.45, 2.75) is 32.6 Å². The molecule has 1 aromatic rings. The highest BCUT2D eigenvalue weighted by Gasteiger charge is 2.25. The monoisotopic (exact) mass is 277 g/mol. The van der Waals surface area contributed by atoms with Crippen molar-refractivity contribution < 1.29 is 19.8 Å². The molecule has 1 aromatic carbocycles. The van der Waals surface area contributed by atoms with E-state index in [0.29, 0.717) is 5.92 Å². The molecule has 0 aromatic heterocycles. The number of anilines is 1. The standard InChI is InChI=1S/C15H19NO4/c1-9-5-7-10(8-6-9)14(18)16-12-4-2-3-11(13(12)17)15(19)20/h2-4,9-10,17H,5-8H2,1H3,(H,16,18)(H,19,20). The maximum absolute atomic E-state index is 12.1. The van der Waals surface area contributed by atoms with E-state index in [1.807, 2.05) is 0 Å². The average Bonchev–Trinajstić information content (AvgIpc) is 2.41. The summed E-state index contributed by atoms with van der Waals surface area (Å²) in [5.74, 6) is -1.15. The highest BCUT2D eigenvalue weighted by atomic mass is 16.4. The van der Waals surface area contributed by atoms with Crippen molar-refractivity contribution in [2.24, 2.45) is 11.8 Å². The number of carboxylic acid groups (broad SMARTS) is 1. The van der Waals surface area contributed by atoms with E-state index in [4.69, 9.17) is 5.11 Å². The van der Waals surface area contributed by atoms with Crippen molar-refractivity contribution in [1.29, 1.82) is 0 Å². The van der Waals surface area contributed by atoms with E-state index < -0.39 is 11.7 Å². The van der Waals surface area contributed by atoms with Crippen molar-refractivity contribution in [3.63, 3.8) is 0 Å². The molecule has 2 rings (SSSR count). The minimum Gasteiger partial charge on any atom is -0.505 e. The van der Waals surface area contributed by atoms with E-state index in [1.165, 1.54) is 18.2 Å². The van der Waals surface area contributed by atoms with Gasteiger partial charge < -0.3 is 15.5 Å². The second-order valence-electron chi connectivity index (χ2n) is 5.45. The fraction of sp³-hybridized carbons (Fsp3) is 0.467. The van der Waals surface area contributed by atoms with Gasteiger partial charge in [0.05, 0.1) is 5.69 Å². The number of nitrogens with one attached hydrogen (secondary N) is 1. The van der Waals surface area contributed by atoms with Crippen molar-refractivity contribution in [3.05, 3.63) is 23.8 Å². The van der Waals surface area contributed by atoms with Crippen LogP contribution in [0.4, 0.5) is 5.69 Å². The van der Waals surface area contributed by atoms with Crippen LogP contribution in [0, 0.1) is 11.8 Å². The number of hydrogen-bond donors (Lipinski definition) is 3. The van der Waals surface area contributed by atoms with Crippen LogP contribution in [0.5, 0.6) is 5.75 Å². The number of carbonyl (C=O) groups is 2. The van der Waals surface area contributed by atoms with Crippen LogP contribution in [0.3, 0.4) is 0 Å². The summed E-state index contributed by atoms with van der Waals surface area (Å²) in [5.41, 5.74) is -0.0476. The number of hydrogen-bond acceptors (Lipinski definition) is 3. The number of benzene rings is 1. The summed E-state index contributed by atoms with van der Waals surface area (Å²) in [4.78, 5) is 23.1. The normalized spacial score (nSPS) is 22.2. The van der Waals surface area contributed by atoms with Crippen molar-refractivity contribution in [2.75, 3.05) is 5.32 Å². The molecule has 1 fully saturated rings. The lowest BCUT2D eigenvalue weighted by Crippen LogP contribution is -2.26. The van der Waals surface area contributed by atoms with E-state index in [-0.39, 0.29) is 23.1 Å². The number of carboxylic acids is 1. The van der Waals surface area contributed by atoms with Gasteiger partial charge in [-0.3, -0.25) is 4.79 Å². The number of aromatic hydroxyl groups is 1. The molecule has 0 atom stereocenters. The van der Waals surface area contributed by atoms with Gasteiger partial charge in [-0.2, -0.15) is 0 Å². The van der Waals surface area contributed by atoms with Crippen LogP contribution >= 0.6 is 0 Å². The summed E-state index contributed by atoms with van der Waals surface area (Å²) in [5, 5.41) is 21.4. The van der Waals surface area contributed by atoms with Crippen LogP contribution in [0.2, 0.25) is 0 Å². The Morgan fingerprint density at radius 2 is 1.85 bits per heavy atom. The van der Waals surface area contributed by atoms with Gasteiger partial charge in [-0.15, -0.1) is 0 Å². The Bertz CT molecular complexity index is 519. The van der Waals surface area contributed by atoms with Gasteiger partial charge in [0.2, 0.25) is 5.91 Å². The topological polar surface area (TPSA) is 86.6 Å². The Labute approximate surface area is 117 Å². The molecule has 0 heterocycles. The summed E-state index contributed by atoms with van der Waals surface area (Å²) in [7, 11) is 0. The van der Waals surface area contributed by atoms with Gasteiger partial charge in [-0.25, -0.2) is 4.79 Å². The van der Waals surface area contributed by atoms with E-state index in [1.54, 1.807) is 0 Å². The third-order valence-electron chi connectivity index (χ3n) is 3.91. The SMILES string of the molecule is CC1CCC(C(=O)Nc2cccc(C(=O)O)c2O)CC1. The highest BCUT2D eigenvalue weighted by molar-refractivity contribution is 5.98. The quantitative estimate of drug-likeness (QED) is 0.741. The first-order valence-electron chi connectivity index (χ1n) is 6.85. The summed E-state index contributed by atoms with van der Waals surface area (Å²) in [6.45, 7) is 2.18. The predicted molar refractivity (Wildman–Crippen MR) is 74.8 cm³/mol. The molecule has 5 heteroatoms. The van der Waals surface area contributed by atoms with Gasteiger partial charge in [0.15, 0.2) is 5.75 Å². The second-order valence-corrected chi connectivity index (χ2v) is 5.45. The van der Waals surface area contributed by atoms with Crippen molar-refractivity contribution in [1.82, 2.24) is 0 Å². The molecule has 20 heavy (non-hydrogen) atoms. The first-order chi connectivity index (χ1) is 9.49. The molecule has 0 aliphatic heterocycles. The zero-order valence-corrected chi connectivity index (χ0v) is 11.4. The van der Waals surface area contributed by atoms with Gasteiger partial charge in [-0.05, 0) is 43.7 Å². The largest absolute Gasteiger partial charge is 0.505 e. The second kappa shape index (κ2) is 5.94. The van der Waals surface area contributed by atoms with Gasteiger partial charge in [0.25, 0.3) is 0 Å². The van der Waals surface area contributed by atoms with Gasteiger partial charge in [-0.1, -0.05) is 13.0 Å². The van der Waals surface area contributed by atoms with Crippen LogP contribution in [0.25, 0.3) is 0 Å². The van der Waals surface area contributed by atoms with E-state index in [0.717, 1.165) is 25.7 Å². The Morgan fingerprint density at radius 1 is 1.20 bits per heavy atom. The van der Waals surface area contributed by atoms with Crippen molar-refractivity contribution in [3.8, 4) is 5.75 Å². The third-order valence-corrected chi connectivity index (χ3v) is 3.91. The van der Waals surface area contributed by atoms with E-state index >= 15 is 0 Å². The molecular weight excluding hydrogens is 258 g/mol. The number of carbonyl (C=O) groups excluding carboxylic acids is 1. The molecule has 0 saturated heterocycles. The van der Waals surface area contributed by atoms with E-state index in [2.05, 4.69) is 12.2 Å². The number of amides is 1. The predicted octanol–water partition coefficient (Wildman–Crippen LogP) is 2.86. The Morgan fingerprint density at radius 3 is 2.45 bits per heavy atom. The first-order valence-corrected chi connectivity index (χ1v) is 6.85. The molecule has 1 aliphatic carbocycles. The average molecular weight is 277 g/mol. The van der Waals surface area contributed by atoms with Gasteiger partial charge >= 0.3 is 5.97 Å². The lowest BCUT2D eigenvalue weighted by molar-refractivity contribution is -0.121.